The number of furan rings is 1. The van der Waals surface area contributed by atoms with Crippen molar-refractivity contribution in [3.63, 3.8) is 0 Å². The fourth-order valence-electron chi connectivity index (χ4n) is 12.9. The fraction of sp³-hybridized carbons (Fsp3) is 0.0323. The molecule has 0 amide bonds. The topological polar surface area (TPSA) is 16.4 Å². The molecule has 296 valence electrons. The van der Waals surface area contributed by atoms with E-state index in [2.05, 4.69) is 229 Å². The fourth-order valence-corrected chi connectivity index (χ4v) is 12.9. The molecule has 0 atom stereocenters. The zero-order valence-corrected chi connectivity index (χ0v) is 34.7. The number of para-hydroxylation sites is 2. The van der Waals surface area contributed by atoms with Gasteiger partial charge < -0.3 is 9.32 Å². The van der Waals surface area contributed by atoms with E-state index < -0.39 is 10.8 Å². The second-order valence-electron chi connectivity index (χ2n) is 17.8. The number of hydrogen-bond acceptors (Lipinski definition) is 2. The van der Waals surface area contributed by atoms with E-state index in [1.54, 1.807) is 0 Å². The minimum atomic E-state index is -0.573. The molecule has 0 N–H and O–H groups in total. The average Bonchev–Trinajstić information content (AvgIpc) is 4.14. The summed E-state index contributed by atoms with van der Waals surface area (Å²) in [6.45, 7) is 0. The van der Waals surface area contributed by atoms with Crippen molar-refractivity contribution >= 4 is 39.0 Å². The van der Waals surface area contributed by atoms with Gasteiger partial charge in [0.2, 0.25) is 0 Å². The van der Waals surface area contributed by atoms with Crippen LogP contribution in [0.15, 0.2) is 229 Å². The van der Waals surface area contributed by atoms with Crippen LogP contribution in [0.4, 0.5) is 17.1 Å². The maximum absolute atomic E-state index is 7.05. The van der Waals surface area contributed by atoms with Crippen LogP contribution in [0.3, 0.4) is 0 Å². The van der Waals surface area contributed by atoms with Gasteiger partial charge in [0.25, 0.3) is 0 Å². The standard InChI is InChI=1S/C62H37NO/c1-8-27-47-38(18-1)39-19-2-9-28-48(39)61(47)52-32-13-6-24-46(52)58-53(61)33-17-34-54(58)63(56-36-16-26-45-43-23-7-14-37-57(43)64-60(45)56)55-35-15-25-44-42-22-5-12-31-51(42)62(59(44)55)49-29-10-3-20-40(49)41-21-4-11-30-50(41)62/h1-37H. The van der Waals surface area contributed by atoms with Gasteiger partial charge in [-0.1, -0.05) is 200 Å². The van der Waals surface area contributed by atoms with Crippen molar-refractivity contribution in [2.45, 2.75) is 10.8 Å². The van der Waals surface area contributed by atoms with Crippen molar-refractivity contribution < 1.29 is 4.42 Å². The number of fused-ring (bicyclic) bond motifs is 23. The molecule has 0 bridgehead atoms. The van der Waals surface area contributed by atoms with Gasteiger partial charge in [-0.15, -0.1) is 0 Å². The van der Waals surface area contributed by atoms with E-state index in [1.165, 1.54) is 89.0 Å². The first-order valence-corrected chi connectivity index (χ1v) is 22.4. The van der Waals surface area contributed by atoms with E-state index in [9.17, 15) is 0 Å². The highest BCUT2D eigenvalue weighted by atomic mass is 16.3. The third kappa shape index (κ3) is 3.95. The van der Waals surface area contributed by atoms with Crippen LogP contribution in [-0.4, -0.2) is 0 Å². The Morgan fingerprint density at radius 3 is 1.28 bits per heavy atom. The van der Waals surface area contributed by atoms with Crippen LogP contribution in [0.2, 0.25) is 0 Å². The molecule has 4 aliphatic rings. The summed E-state index contributed by atoms with van der Waals surface area (Å²) in [7, 11) is 0. The molecule has 2 spiro atoms. The molecular weight excluding hydrogens is 775 g/mol. The van der Waals surface area contributed by atoms with Gasteiger partial charge >= 0.3 is 0 Å². The van der Waals surface area contributed by atoms with Crippen molar-refractivity contribution in [3.05, 3.63) is 269 Å². The Morgan fingerprint density at radius 2 is 0.672 bits per heavy atom. The third-order valence-corrected chi connectivity index (χ3v) is 15.1. The number of rotatable bonds is 3. The van der Waals surface area contributed by atoms with Crippen LogP contribution in [0.1, 0.15) is 44.5 Å². The average molecular weight is 812 g/mol. The molecule has 11 aromatic rings. The van der Waals surface area contributed by atoms with E-state index >= 15 is 0 Å². The number of hydrogen-bond donors (Lipinski definition) is 0. The highest BCUT2D eigenvalue weighted by Crippen LogP contribution is 2.68. The summed E-state index contributed by atoms with van der Waals surface area (Å²) < 4.78 is 7.05. The minimum Gasteiger partial charge on any atom is -0.454 e. The van der Waals surface area contributed by atoms with E-state index in [-0.39, 0.29) is 0 Å². The maximum Gasteiger partial charge on any atom is 0.159 e. The quantitative estimate of drug-likeness (QED) is 0.177. The van der Waals surface area contributed by atoms with Crippen molar-refractivity contribution in [3.8, 4) is 44.5 Å². The molecule has 0 unspecified atom stereocenters. The summed E-state index contributed by atoms with van der Waals surface area (Å²) in [5, 5.41) is 2.21. The van der Waals surface area contributed by atoms with Crippen LogP contribution < -0.4 is 4.90 Å². The first-order valence-electron chi connectivity index (χ1n) is 22.4. The van der Waals surface area contributed by atoms with Gasteiger partial charge in [-0.25, -0.2) is 0 Å². The van der Waals surface area contributed by atoms with Crippen molar-refractivity contribution in [2.24, 2.45) is 0 Å². The Bertz CT molecular complexity index is 3720. The summed E-state index contributed by atoms with van der Waals surface area (Å²) in [5.74, 6) is 0. The summed E-state index contributed by atoms with van der Waals surface area (Å²) in [6.07, 6.45) is 0. The first kappa shape index (κ1) is 34.4. The highest BCUT2D eigenvalue weighted by molar-refractivity contribution is 6.12. The SMILES string of the molecule is c1ccc2c(c1)-c1ccccc1C21c2ccccc2-c2c(N(c3cccc4c3C3(c5ccccc5-c5ccccc53)c3ccccc3-4)c3cccc4c3oc3ccccc34)cccc21. The summed E-state index contributed by atoms with van der Waals surface area (Å²) in [5.41, 5.74) is 24.7. The summed E-state index contributed by atoms with van der Waals surface area (Å²) in [4.78, 5) is 2.57. The zero-order chi connectivity index (χ0) is 41.7. The molecule has 1 heterocycles. The largest absolute Gasteiger partial charge is 0.454 e. The van der Waals surface area contributed by atoms with Crippen molar-refractivity contribution in [1.82, 2.24) is 0 Å². The molecule has 4 aliphatic carbocycles. The normalized spacial score (nSPS) is 14.5. The molecule has 0 saturated carbocycles. The van der Waals surface area contributed by atoms with Gasteiger partial charge in [0.1, 0.15) is 5.58 Å². The number of anilines is 3. The van der Waals surface area contributed by atoms with Gasteiger partial charge in [-0.2, -0.15) is 0 Å². The van der Waals surface area contributed by atoms with Gasteiger partial charge in [0.05, 0.1) is 27.9 Å². The van der Waals surface area contributed by atoms with E-state index in [0.717, 1.165) is 39.0 Å². The van der Waals surface area contributed by atoms with Crippen molar-refractivity contribution in [2.75, 3.05) is 4.90 Å². The lowest BCUT2D eigenvalue weighted by atomic mass is 9.70. The zero-order valence-electron chi connectivity index (χ0n) is 34.7. The molecule has 0 radical (unpaired) electrons. The van der Waals surface area contributed by atoms with E-state index in [4.69, 9.17) is 4.42 Å². The van der Waals surface area contributed by atoms with Crippen LogP contribution >= 0.6 is 0 Å². The molecular formula is C62H37NO. The molecule has 64 heavy (non-hydrogen) atoms. The Balaban J connectivity index is 1.11. The smallest absolute Gasteiger partial charge is 0.159 e. The molecule has 15 rings (SSSR count). The molecule has 0 aliphatic heterocycles. The Kier molecular flexibility index (Phi) is 6.58. The summed E-state index contributed by atoms with van der Waals surface area (Å²) >= 11 is 0. The monoisotopic (exact) mass is 811 g/mol. The van der Waals surface area contributed by atoms with Gasteiger partial charge in [-0.3, -0.25) is 0 Å². The lowest BCUT2D eigenvalue weighted by Crippen LogP contribution is -2.28. The molecule has 1 aromatic heterocycles. The van der Waals surface area contributed by atoms with E-state index in [1.807, 2.05) is 0 Å². The molecule has 0 fully saturated rings. The Hall–Kier alpha value is -8.20. The van der Waals surface area contributed by atoms with Gasteiger partial charge in [0, 0.05) is 21.9 Å². The molecule has 2 nitrogen and oxygen atoms in total. The Morgan fingerprint density at radius 1 is 0.281 bits per heavy atom. The molecule has 0 saturated heterocycles. The summed E-state index contributed by atoms with van der Waals surface area (Å²) in [6, 6.07) is 83.8. The van der Waals surface area contributed by atoms with Crippen LogP contribution in [0.25, 0.3) is 66.4 Å². The molecule has 10 aromatic carbocycles. The third-order valence-electron chi connectivity index (χ3n) is 15.1. The number of nitrogens with zero attached hydrogens (tertiary/aromatic N) is 1. The predicted molar refractivity (Wildman–Crippen MR) is 261 cm³/mol. The second-order valence-corrected chi connectivity index (χ2v) is 17.8. The molecule has 2 heteroatoms. The second kappa shape index (κ2) is 12.2. The Labute approximate surface area is 371 Å². The lowest BCUT2D eigenvalue weighted by Gasteiger charge is -2.36. The first-order chi connectivity index (χ1) is 31.8. The van der Waals surface area contributed by atoms with Crippen LogP contribution in [-0.2, 0) is 10.8 Å². The minimum absolute atomic E-state index is 0.494. The highest BCUT2D eigenvalue weighted by Gasteiger charge is 2.55. The number of benzene rings is 10. The van der Waals surface area contributed by atoms with Crippen LogP contribution in [0, 0.1) is 0 Å². The van der Waals surface area contributed by atoms with Crippen molar-refractivity contribution in [1.29, 1.82) is 0 Å². The maximum atomic E-state index is 7.05. The van der Waals surface area contributed by atoms with Gasteiger partial charge in [-0.05, 0) is 102 Å². The lowest BCUT2D eigenvalue weighted by molar-refractivity contribution is 0.669. The van der Waals surface area contributed by atoms with Gasteiger partial charge in [0.15, 0.2) is 5.58 Å². The predicted octanol–water partition coefficient (Wildman–Crippen LogP) is 15.7. The van der Waals surface area contributed by atoms with E-state index in [0.29, 0.717) is 0 Å². The van der Waals surface area contributed by atoms with Crippen LogP contribution in [0.5, 0.6) is 0 Å².